The predicted molar refractivity (Wildman–Crippen MR) is 100 cm³/mol. The zero-order valence-corrected chi connectivity index (χ0v) is 14.4. The third-order valence-corrected chi connectivity index (χ3v) is 3.71. The minimum Gasteiger partial charge on any atom is -0.441 e. The summed E-state index contributed by atoms with van der Waals surface area (Å²) in [5.41, 5.74) is 2.94. The largest absolute Gasteiger partial charge is 0.441 e. The third kappa shape index (κ3) is 3.43. The number of hydrogen-bond acceptors (Lipinski definition) is 4. The minimum atomic E-state index is -0.452. The average Bonchev–Trinajstić information content (AvgIpc) is 2.94. The number of halogens is 2. The molecule has 0 fully saturated rings. The number of pyridine rings is 1. The number of amides is 2. The predicted octanol–water partition coefficient (Wildman–Crippen LogP) is 4.89. The van der Waals surface area contributed by atoms with Crippen molar-refractivity contribution < 1.29 is 13.6 Å². The first kappa shape index (κ1) is 17.6. The molecule has 8 heteroatoms. The van der Waals surface area contributed by atoms with Crippen molar-refractivity contribution in [3.8, 4) is 0 Å². The Morgan fingerprint density at radius 1 is 1.08 bits per heavy atom. The highest BCUT2D eigenvalue weighted by Gasteiger charge is 2.09. The van der Waals surface area contributed by atoms with E-state index < -0.39 is 11.8 Å². The van der Waals surface area contributed by atoms with E-state index in [1.54, 1.807) is 43.5 Å². The van der Waals surface area contributed by atoms with Crippen LogP contribution in [0.3, 0.4) is 0 Å². The lowest BCUT2D eigenvalue weighted by Gasteiger charge is -2.10. The topological polar surface area (TPSA) is 80.0 Å². The summed E-state index contributed by atoms with van der Waals surface area (Å²) >= 11 is 0. The summed E-state index contributed by atoms with van der Waals surface area (Å²) in [4.78, 5) is 20.6. The summed E-state index contributed by atoms with van der Waals surface area (Å²) < 4.78 is 18.9. The van der Waals surface area contributed by atoms with Crippen LogP contribution in [0, 0.1) is 12.7 Å². The molecule has 6 nitrogen and oxygen atoms in total. The molecule has 0 aliphatic rings. The molecule has 0 bridgehead atoms. The van der Waals surface area contributed by atoms with Crippen molar-refractivity contribution in [3.63, 3.8) is 0 Å². The van der Waals surface area contributed by atoms with Crippen LogP contribution in [0.4, 0.5) is 20.6 Å². The van der Waals surface area contributed by atoms with E-state index in [0.717, 1.165) is 5.52 Å². The second-order valence-corrected chi connectivity index (χ2v) is 5.51. The van der Waals surface area contributed by atoms with E-state index in [1.165, 1.54) is 12.1 Å². The van der Waals surface area contributed by atoms with Crippen LogP contribution in [0.2, 0.25) is 0 Å². The van der Waals surface area contributed by atoms with Crippen molar-refractivity contribution in [1.29, 1.82) is 0 Å². The highest BCUT2D eigenvalue weighted by Crippen LogP contribution is 2.23. The van der Waals surface area contributed by atoms with E-state index >= 15 is 0 Å². The quantitative estimate of drug-likeness (QED) is 0.525. The molecule has 2 heterocycles. The van der Waals surface area contributed by atoms with Gasteiger partial charge in [0.05, 0.1) is 11.2 Å². The summed E-state index contributed by atoms with van der Waals surface area (Å²) in [6, 6.07) is 10.6. The van der Waals surface area contributed by atoms with Crippen LogP contribution in [0.25, 0.3) is 22.0 Å². The molecule has 2 aromatic heterocycles. The molecule has 2 amide bonds. The summed E-state index contributed by atoms with van der Waals surface area (Å²) in [7, 11) is 0. The van der Waals surface area contributed by atoms with Crippen LogP contribution >= 0.6 is 12.4 Å². The Morgan fingerprint density at radius 2 is 1.88 bits per heavy atom. The van der Waals surface area contributed by atoms with Gasteiger partial charge >= 0.3 is 6.03 Å². The molecule has 0 saturated carbocycles. The van der Waals surface area contributed by atoms with Crippen molar-refractivity contribution in [2.75, 3.05) is 10.6 Å². The summed E-state index contributed by atoms with van der Waals surface area (Å²) in [5.74, 6) is 0.164. The minimum absolute atomic E-state index is 0. The molecular formula is C18H14ClFN4O2. The number of carbonyl (C=O) groups excluding carboxylic acids is 1. The number of nitrogens with zero attached hydrogens (tertiary/aromatic N) is 2. The van der Waals surface area contributed by atoms with Gasteiger partial charge in [-0.05, 0) is 36.4 Å². The van der Waals surface area contributed by atoms with E-state index in [0.29, 0.717) is 33.8 Å². The molecule has 0 spiro atoms. The van der Waals surface area contributed by atoms with Crippen molar-refractivity contribution in [1.82, 2.24) is 9.97 Å². The van der Waals surface area contributed by atoms with Crippen molar-refractivity contribution in [2.45, 2.75) is 6.92 Å². The molecule has 0 radical (unpaired) electrons. The maximum absolute atomic E-state index is 13.5. The number of benzene rings is 2. The van der Waals surface area contributed by atoms with Gasteiger partial charge in [-0.2, -0.15) is 0 Å². The first-order valence-electron chi connectivity index (χ1n) is 7.58. The van der Waals surface area contributed by atoms with Crippen LogP contribution in [0.1, 0.15) is 5.89 Å². The fourth-order valence-corrected chi connectivity index (χ4v) is 2.63. The molecule has 0 aliphatic carbocycles. The van der Waals surface area contributed by atoms with Crippen molar-refractivity contribution >= 4 is 51.8 Å². The second kappa shape index (κ2) is 6.97. The fraction of sp³-hybridized carbons (Fsp3) is 0.0556. The van der Waals surface area contributed by atoms with Gasteiger partial charge in [0.2, 0.25) is 0 Å². The Bertz CT molecular complexity index is 1110. The third-order valence-electron chi connectivity index (χ3n) is 3.71. The lowest BCUT2D eigenvalue weighted by Crippen LogP contribution is -2.19. The zero-order chi connectivity index (χ0) is 17.4. The van der Waals surface area contributed by atoms with E-state index in [1.807, 2.05) is 0 Å². The van der Waals surface area contributed by atoms with Gasteiger partial charge in [0.25, 0.3) is 0 Å². The van der Waals surface area contributed by atoms with Gasteiger partial charge in [-0.3, -0.25) is 4.98 Å². The summed E-state index contributed by atoms with van der Waals surface area (Å²) in [5, 5.41) is 5.96. The molecule has 0 saturated heterocycles. The molecule has 0 aliphatic heterocycles. The maximum Gasteiger partial charge on any atom is 0.323 e. The molecule has 4 aromatic rings. The standard InChI is InChI=1S/C18H13FN4O2.ClH/c1-10-21-16-5-3-12(9-17(16)25-10)22-18(24)23-15-6-7-20-14-4-2-11(19)8-13(14)15;/h2-9H,1H3,(H2,20,22,23,24);1H. The Morgan fingerprint density at radius 3 is 2.73 bits per heavy atom. The first-order valence-corrected chi connectivity index (χ1v) is 7.58. The highest BCUT2D eigenvalue weighted by atomic mass is 35.5. The number of oxazole rings is 1. The van der Waals surface area contributed by atoms with Crippen molar-refractivity contribution in [2.24, 2.45) is 0 Å². The maximum atomic E-state index is 13.5. The van der Waals surface area contributed by atoms with Crippen LogP contribution in [-0.2, 0) is 0 Å². The highest BCUT2D eigenvalue weighted by molar-refractivity contribution is 6.05. The van der Waals surface area contributed by atoms with Gasteiger partial charge in [0.1, 0.15) is 11.3 Å². The van der Waals surface area contributed by atoms with Crippen LogP contribution in [0.15, 0.2) is 53.1 Å². The number of carbonyl (C=O) groups is 1. The summed E-state index contributed by atoms with van der Waals surface area (Å²) in [6.07, 6.45) is 1.55. The molecule has 0 atom stereocenters. The Labute approximate surface area is 153 Å². The van der Waals surface area contributed by atoms with E-state index in [4.69, 9.17) is 4.42 Å². The number of rotatable bonds is 2. The molecule has 132 valence electrons. The van der Waals surface area contributed by atoms with Gasteiger partial charge in [0.15, 0.2) is 11.5 Å². The Kier molecular flexibility index (Phi) is 4.73. The van der Waals surface area contributed by atoms with E-state index in [-0.39, 0.29) is 12.4 Å². The molecule has 0 unspecified atom stereocenters. The second-order valence-electron chi connectivity index (χ2n) is 5.51. The average molecular weight is 373 g/mol. The normalized spacial score (nSPS) is 10.5. The van der Waals surface area contributed by atoms with Gasteiger partial charge < -0.3 is 15.1 Å². The number of urea groups is 1. The molecule has 4 rings (SSSR count). The summed E-state index contributed by atoms with van der Waals surface area (Å²) in [6.45, 7) is 1.76. The van der Waals surface area contributed by atoms with Gasteiger partial charge in [-0.25, -0.2) is 14.2 Å². The smallest absolute Gasteiger partial charge is 0.323 e. The van der Waals surface area contributed by atoms with Crippen molar-refractivity contribution in [3.05, 3.63) is 60.4 Å². The van der Waals surface area contributed by atoms with Gasteiger partial charge in [-0.1, -0.05) is 0 Å². The lowest BCUT2D eigenvalue weighted by molar-refractivity contribution is 0.262. The Hall–Kier alpha value is -3.19. The number of fused-ring (bicyclic) bond motifs is 2. The molecule has 26 heavy (non-hydrogen) atoms. The SMILES string of the molecule is Cc1nc2ccc(NC(=O)Nc3ccnc4ccc(F)cc34)cc2o1.Cl. The number of aromatic nitrogens is 2. The van der Waals surface area contributed by atoms with Gasteiger partial charge in [-0.15, -0.1) is 12.4 Å². The fourth-order valence-electron chi connectivity index (χ4n) is 2.63. The monoisotopic (exact) mass is 372 g/mol. The number of nitrogens with one attached hydrogen (secondary N) is 2. The number of hydrogen-bond donors (Lipinski definition) is 2. The zero-order valence-electron chi connectivity index (χ0n) is 13.6. The first-order chi connectivity index (χ1) is 12.1. The molecular weight excluding hydrogens is 359 g/mol. The number of aryl methyl sites for hydroxylation is 1. The molecule has 2 aromatic carbocycles. The van der Waals surface area contributed by atoms with Gasteiger partial charge in [0, 0.05) is 30.3 Å². The Balaban J connectivity index is 0.00000196. The van der Waals surface area contributed by atoms with Crippen LogP contribution < -0.4 is 10.6 Å². The van der Waals surface area contributed by atoms with E-state index in [9.17, 15) is 9.18 Å². The van der Waals surface area contributed by atoms with E-state index in [2.05, 4.69) is 20.6 Å². The number of anilines is 2. The lowest BCUT2D eigenvalue weighted by atomic mass is 10.2. The van der Waals surface area contributed by atoms with Crippen LogP contribution in [0.5, 0.6) is 0 Å². The van der Waals surface area contributed by atoms with Crippen LogP contribution in [-0.4, -0.2) is 16.0 Å². The molecule has 2 N–H and O–H groups in total.